The van der Waals surface area contributed by atoms with Crippen molar-refractivity contribution in [3.05, 3.63) is 24.2 Å². The van der Waals surface area contributed by atoms with Crippen molar-refractivity contribution in [2.75, 3.05) is 7.05 Å². The van der Waals surface area contributed by atoms with Gasteiger partial charge in [-0.15, -0.1) is 10.2 Å². The summed E-state index contributed by atoms with van der Waals surface area (Å²) in [6, 6.07) is 4.66. The van der Waals surface area contributed by atoms with Crippen LogP contribution in [0.4, 0.5) is 0 Å². The summed E-state index contributed by atoms with van der Waals surface area (Å²) in [6.45, 7) is 0.825. The van der Waals surface area contributed by atoms with Crippen molar-refractivity contribution in [1.82, 2.24) is 19.7 Å². The van der Waals surface area contributed by atoms with E-state index in [1.807, 2.05) is 17.7 Å². The van der Waals surface area contributed by atoms with Crippen LogP contribution < -0.4 is 0 Å². The van der Waals surface area contributed by atoms with Crippen LogP contribution in [0, 0.1) is 11.8 Å². The molecule has 2 aromatic heterocycles. The highest BCUT2D eigenvalue weighted by Gasteiger charge is 2.42. The van der Waals surface area contributed by atoms with E-state index >= 15 is 0 Å². The van der Waals surface area contributed by atoms with E-state index in [4.69, 9.17) is 4.42 Å². The third-order valence-electron chi connectivity index (χ3n) is 5.49. The molecule has 4 rings (SSSR count). The lowest BCUT2D eigenvalue weighted by atomic mass is 10.0. The average Bonchev–Trinajstić information content (AvgIpc) is 3.26. The number of aliphatic hydroxyl groups is 1. The van der Waals surface area contributed by atoms with E-state index in [2.05, 4.69) is 28.2 Å². The van der Waals surface area contributed by atoms with Crippen LogP contribution in [0.15, 0.2) is 33.1 Å². The summed E-state index contributed by atoms with van der Waals surface area (Å²) in [7, 11) is 4.11. The van der Waals surface area contributed by atoms with Gasteiger partial charge in [0, 0.05) is 13.1 Å². The van der Waals surface area contributed by atoms with Gasteiger partial charge in [0.2, 0.25) is 0 Å². The van der Waals surface area contributed by atoms with Gasteiger partial charge in [0.1, 0.15) is 12.1 Å². The molecule has 0 aromatic carbocycles. The molecule has 0 amide bonds. The Hall–Kier alpha value is -1.31. The molecular weight excluding hydrogens is 324 g/mol. The summed E-state index contributed by atoms with van der Waals surface area (Å²) in [5.74, 6) is 2.41. The molecule has 0 saturated heterocycles. The Morgan fingerprint density at radius 2 is 2.04 bits per heavy atom. The molecule has 0 spiro atoms. The topological polar surface area (TPSA) is 67.3 Å². The molecule has 2 unspecified atom stereocenters. The van der Waals surface area contributed by atoms with Crippen LogP contribution in [-0.2, 0) is 13.6 Å². The lowest BCUT2D eigenvalue weighted by molar-refractivity contribution is 0.155. The molecule has 2 fully saturated rings. The Kier molecular flexibility index (Phi) is 4.40. The minimum atomic E-state index is -0.0588. The number of aromatic nitrogens is 3. The molecule has 2 aliphatic rings. The third-order valence-corrected chi connectivity index (χ3v) is 6.47. The van der Waals surface area contributed by atoms with Gasteiger partial charge in [-0.1, -0.05) is 0 Å². The molecule has 2 heterocycles. The van der Waals surface area contributed by atoms with Crippen molar-refractivity contribution in [2.45, 2.75) is 54.6 Å². The molecule has 24 heavy (non-hydrogen) atoms. The van der Waals surface area contributed by atoms with Gasteiger partial charge in [0.15, 0.2) is 10.2 Å². The van der Waals surface area contributed by atoms with E-state index < -0.39 is 0 Å². The highest BCUT2D eigenvalue weighted by atomic mass is 32.2. The number of aliphatic hydroxyl groups excluding tert-OH is 1. The standard InChI is InChI=1S/C17H24N4O2S/c1-20(13-5-11-7-14(22)8-12(11)6-13)9-15-3-4-16(23-15)24-17-19-18-10-21(17)2/h3-4,10-14,22H,5-9H2,1-2H3/t11-,12+,13?,14?. The second kappa shape index (κ2) is 6.54. The summed E-state index contributed by atoms with van der Waals surface area (Å²) in [5.41, 5.74) is 0. The zero-order valence-electron chi connectivity index (χ0n) is 14.1. The van der Waals surface area contributed by atoms with E-state index in [-0.39, 0.29) is 6.10 Å². The number of furan rings is 1. The molecule has 130 valence electrons. The predicted octanol–water partition coefficient (Wildman–Crippen LogP) is 2.54. The van der Waals surface area contributed by atoms with Crippen molar-refractivity contribution >= 4 is 11.8 Å². The SMILES string of the molecule is CN(Cc1ccc(Sc2nncn2C)o1)C1C[C@H]2CC(O)C[C@H]2C1. The van der Waals surface area contributed by atoms with E-state index in [9.17, 15) is 5.11 Å². The number of fused-ring (bicyclic) bond motifs is 1. The predicted molar refractivity (Wildman–Crippen MR) is 90.5 cm³/mol. The minimum absolute atomic E-state index is 0.0588. The molecule has 7 heteroatoms. The zero-order valence-corrected chi connectivity index (χ0v) is 14.9. The molecule has 2 saturated carbocycles. The van der Waals surface area contributed by atoms with Crippen molar-refractivity contribution in [3.63, 3.8) is 0 Å². The van der Waals surface area contributed by atoms with Gasteiger partial charge in [-0.3, -0.25) is 4.90 Å². The molecule has 1 N–H and O–H groups in total. The summed E-state index contributed by atoms with van der Waals surface area (Å²) in [6.07, 6.45) is 6.03. The summed E-state index contributed by atoms with van der Waals surface area (Å²) < 4.78 is 7.83. The number of hydrogen-bond acceptors (Lipinski definition) is 6. The van der Waals surface area contributed by atoms with Gasteiger partial charge in [0.05, 0.1) is 12.6 Å². The fourth-order valence-corrected chi connectivity index (χ4v) is 4.98. The van der Waals surface area contributed by atoms with Crippen LogP contribution >= 0.6 is 11.8 Å². The quantitative estimate of drug-likeness (QED) is 0.896. The Labute approximate surface area is 146 Å². The Morgan fingerprint density at radius 3 is 2.71 bits per heavy atom. The maximum Gasteiger partial charge on any atom is 0.198 e. The number of hydrogen-bond donors (Lipinski definition) is 1. The molecule has 2 aromatic rings. The Morgan fingerprint density at radius 1 is 1.29 bits per heavy atom. The monoisotopic (exact) mass is 348 g/mol. The van der Waals surface area contributed by atoms with Gasteiger partial charge >= 0.3 is 0 Å². The number of nitrogens with zero attached hydrogens (tertiary/aromatic N) is 4. The van der Waals surface area contributed by atoms with Gasteiger partial charge in [-0.25, -0.2) is 0 Å². The van der Waals surface area contributed by atoms with Gasteiger partial charge in [0.25, 0.3) is 0 Å². The second-order valence-corrected chi connectivity index (χ2v) is 8.20. The first-order chi connectivity index (χ1) is 11.6. The van der Waals surface area contributed by atoms with E-state index in [1.54, 1.807) is 6.33 Å². The molecule has 4 atom stereocenters. The molecule has 6 nitrogen and oxygen atoms in total. The van der Waals surface area contributed by atoms with Crippen molar-refractivity contribution in [3.8, 4) is 0 Å². The fourth-order valence-electron chi connectivity index (χ4n) is 4.24. The molecule has 2 aliphatic carbocycles. The van der Waals surface area contributed by atoms with Crippen LogP contribution in [-0.4, -0.2) is 44.0 Å². The maximum atomic E-state index is 9.78. The molecular formula is C17H24N4O2S. The lowest BCUT2D eigenvalue weighted by Gasteiger charge is -2.24. The summed E-state index contributed by atoms with van der Waals surface area (Å²) in [5, 5.41) is 19.4. The maximum absolute atomic E-state index is 9.78. The molecule has 0 radical (unpaired) electrons. The third kappa shape index (κ3) is 3.25. The first-order valence-corrected chi connectivity index (χ1v) is 9.39. The van der Waals surface area contributed by atoms with Crippen LogP contribution in [0.25, 0.3) is 0 Å². The van der Waals surface area contributed by atoms with Crippen LogP contribution in [0.2, 0.25) is 0 Å². The van der Waals surface area contributed by atoms with Gasteiger partial charge in [-0.2, -0.15) is 0 Å². The van der Waals surface area contributed by atoms with E-state index in [0.717, 1.165) is 35.4 Å². The first-order valence-electron chi connectivity index (χ1n) is 8.57. The number of aryl methyl sites for hydroxylation is 1. The lowest BCUT2D eigenvalue weighted by Crippen LogP contribution is -2.29. The fraction of sp³-hybridized carbons (Fsp3) is 0.647. The molecule has 0 bridgehead atoms. The van der Waals surface area contributed by atoms with Crippen LogP contribution in [0.3, 0.4) is 0 Å². The zero-order chi connectivity index (χ0) is 16.7. The number of rotatable bonds is 5. The van der Waals surface area contributed by atoms with E-state index in [0.29, 0.717) is 17.9 Å². The Balaban J connectivity index is 1.34. The smallest absolute Gasteiger partial charge is 0.198 e. The van der Waals surface area contributed by atoms with Gasteiger partial charge in [-0.05, 0) is 68.5 Å². The van der Waals surface area contributed by atoms with Crippen molar-refractivity contribution in [2.24, 2.45) is 18.9 Å². The van der Waals surface area contributed by atoms with Crippen molar-refractivity contribution < 1.29 is 9.52 Å². The summed E-state index contributed by atoms with van der Waals surface area (Å²) in [4.78, 5) is 2.40. The minimum Gasteiger partial charge on any atom is -0.453 e. The highest BCUT2D eigenvalue weighted by Crippen LogP contribution is 2.45. The largest absolute Gasteiger partial charge is 0.453 e. The average molecular weight is 348 g/mol. The van der Waals surface area contributed by atoms with Crippen LogP contribution in [0.5, 0.6) is 0 Å². The Bertz CT molecular complexity index is 686. The van der Waals surface area contributed by atoms with Crippen LogP contribution in [0.1, 0.15) is 31.4 Å². The van der Waals surface area contributed by atoms with Gasteiger partial charge < -0.3 is 14.1 Å². The first kappa shape index (κ1) is 16.2. The molecule has 0 aliphatic heterocycles. The van der Waals surface area contributed by atoms with E-state index in [1.165, 1.54) is 24.6 Å². The van der Waals surface area contributed by atoms with Crippen molar-refractivity contribution in [1.29, 1.82) is 0 Å². The normalized spacial score (nSPS) is 29.5. The summed E-state index contributed by atoms with van der Waals surface area (Å²) >= 11 is 1.49. The second-order valence-electron chi connectivity index (χ2n) is 7.23. The highest BCUT2D eigenvalue weighted by molar-refractivity contribution is 7.99.